The van der Waals surface area contributed by atoms with Gasteiger partial charge in [-0.1, -0.05) is 18.2 Å². The van der Waals surface area contributed by atoms with E-state index in [2.05, 4.69) is 17.2 Å². The van der Waals surface area contributed by atoms with Gasteiger partial charge in [0.15, 0.2) is 0 Å². The molecule has 1 aliphatic heterocycles. The summed E-state index contributed by atoms with van der Waals surface area (Å²) in [5.74, 6) is 0.0668. The molecule has 0 bridgehead atoms. The summed E-state index contributed by atoms with van der Waals surface area (Å²) >= 11 is 0. The highest BCUT2D eigenvalue weighted by Gasteiger charge is 2.24. The minimum Gasteiger partial charge on any atom is -0.336 e. The molecule has 1 fully saturated rings. The third-order valence-corrected chi connectivity index (χ3v) is 4.56. The van der Waals surface area contributed by atoms with Gasteiger partial charge in [-0.3, -0.25) is 9.78 Å². The zero-order valence-electron chi connectivity index (χ0n) is 14.1. The number of benzene rings is 1. The Labute approximate surface area is 146 Å². The minimum atomic E-state index is 0.0668. The van der Waals surface area contributed by atoms with Crippen molar-refractivity contribution in [3.8, 4) is 11.3 Å². The summed E-state index contributed by atoms with van der Waals surface area (Å²) in [5.41, 5.74) is 3.23. The molecule has 1 atom stereocenters. The molecule has 0 saturated carbocycles. The van der Waals surface area contributed by atoms with Crippen LogP contribution in [0.2, 0.25) is 0 Å². The fourth-order valence-electron chi connectivity index (χ4n) is 3.30. The predicted molar refractivity (Wildman–Crippen MR) is 98.3 cm³/mol. The number of hydrogen-bond donors (Lipinski definition) is 1. The summed E-state index contributed by atoms with van der Waals surface area (Å²) < 4.78 is 0. The van der Waals surface area contributed by atoms with Crippen molar-refractivity contribution in [2.75, 3.05) is 19.6 Å². The lowest BCUT2D eigenvalue weighted by molar-refractivity contribution is 0.0711. The van der Waals surface area contributed by atoms with Gasteiger partial charge in [-0.15, -0.1) is 0 Å². The molecule has 5 heteroatoms. The number of carbonyl (C=O) groups is 1. The predicted octanol–water partition coefficient (Wildman–Crippen LogP) is 2.73. The van der Waals surface area contributed by atoms with E-state index in [1.807, 2.05) is 47.4 Å². The standard InChI is InChI=1S/C20H20N4O/c1-14-13-24(10-9-22-14)20(25)17-11-19(15-5-4-8-21-12-15)23-18-7-3-2-6-16(17)18/h2-8,11-12,14,22H,9-10,13H2,1H3. The molecule has 0 radical (unpaired) electrons. The molecule has 1 aliphatic rings. The first-order chi connectivity index (χ1) is 12.2. The molecule has 4 rings (SSSR count). The van der Waals surface area contributed by atoms with E-state index in [0.717, 1.165) is 41.8 Å². The van der Waals surface area contributed by atoms with Crippen LogP contribution in [0.4, 0.5) is 0 Å². The van der Waals surface area contributed by atoms with Crippen LogP contribution in [-0.4, -0.2) is 46.5 Å². The fraction of sp³-hybridized carbons (Fsp3) is 0.250. The molecule has 1 unspecified atom stereocenters. The Balaban J connectivity index is 1.82. The van der Waals surface area contributed by atoms with E-state index in [0.29, 0.717) is 11.6 Å². The first-order valence-corrected chi connectivity index (χ1v) is 8.55. The highest BCUT2D eigenvalue weighted by molar-refractivity contribution is 6.07. The summed E-state index contributed by atoms with van der Waals surface area (Å²) in [6.45, 7) is 4.37. The topological polar surface area (TPSA) is 58.1 Å². The van der Waals surface area contributed by atoms with Gasteiger partial charge in [0.2, 0.25) is 0 Å². The number of pyridine rings is 2. The highest BCUT2D eigenvalue weighted by Crippen LogP contribution is 2.25. The molecule has 3 aromatic rings. The number of nitrogens with one attached hydrogen (secondary N) is 1. The smallest absolute Gasteiger partial charge is 0.254 e. The van der Waals surface area contributed by atoms with Crippen molar-refractivity contribution in [3.05, 3.63) is 60.4 Å². The van der Waals surface area contributed by atoms with Crippen LogP contribution in [0.3, 0.4) is 0 Å². The van der Waals surface area contributed by atoms with E-state index < -0.39 is 0 Å². The molecular weight excluding hydrogens is 312 g/mol. The van der Waals surface area contributed by atoms with Crippen molar-refractivity contribution in [2.45, 2.75) is 13.0 Å². The van der Waals surface area contributed by atoms with Crippen molar-refractivity contribution in [1.29, 1.82) is 0 Å². The summed E-state index contributed by atoms with van der Waals surface area (Å²) in [6.07, 6.45) is 3.51. The van der Waals surface area contributed by atoms with Gasteiger partial charge in [-0.25, -0.2) is 4.98 Å². The third-order valence-electron chi connectivity index (χ3n) is 4.56. The van der Waals surface area contributed by atoms with E-state index >= 15 is 0 Å². The number of piperazine rings is 1. The zero-order valence-corrected chi connectivity index (χ0v) is 14.1. The van der Waals surface area contributed by atoms with Crippen LogP contribution in [0.1, 0.15) is 17.3 Å². The van der Waals surface area contributed by atoms with E-state index in [1.165, 1.54) is 0 Å². The van der Waals surface area contributed by atoms with Gasteiger partial charge >= 0.3 is 0 Å². The maximum atomic E-state index is 13.2. The Morgan fingerprint density at radius 3 is 2.92 bits per heavy atom. The van der Waals surface area contributed by atoms with Crippen molar-refractivity contribution >= 4 is 16.8 Å². The first kappa shape index (κ1) is 15.7. The molecule has 1 amide bonds. The van der Waals surface area contributed by atoms with Gasteiger partial charge < -0.3 is 10.2 Å². The number of hydrogen-bond acceptors (Lipinski definition) is 4. The Hall–Kier alpha value is -2.79. The van der Waals surface area contributed by atoms with Gasteiger partial charge in [0.1, 0.15) is 0 Å². The Morgan fingerprint density at radius 1 is 1.24 bits per heavy atom. The number of aromatic nitrogens is 2. The molecule has 0 spiro atoms. The van der Waals surface area contributed by atoms with E-state index in [-0.39, 0.29) is 5.91 Å². The lowest BCUT2D eigenvalue weighted by Gasteiger charge is -2.32. The van der Waals surface area contributed by atoms with E-state index in [4.69, 9.17) is 4.98 Å². The average Bonchev–Trinajstić information content (AvgIpc) is 2.67. The molecule has 5 nitrogen and oxygen atoms in total. The van der Waals surface area contributed by atoms with Crippen LogP contribution >= 0.6 is 0 Å². The first-order valence-electron chi connectivity index (χ1n) is 8.55. The second-order valence-corrected chi connectivity index (χ2v) is 6.42. The molecule has 1 aromatic carbocycles. The summed E-state index contributed by atoms with van der Waals surface area (Å²) in [4.78, 5) is 24.0. The molecule has 1 saturated heterocycles. The van der Waals surface area contributed by atoms with E-state index in [1.54, 1.807) is 12.4 Å². The van der Waals surface area contributed by atoms with Crippen LogP contribution in [-0.2, 0) is 0 Å². The average molecular weight is 332 g/mol. The molecule has 2 aromatic heterocycles. The zero-order chi connectivity index (χ0) is 17.2. The van der Waals surface area contributed by atoms with E-state index in [9.17, 15) is 4.79 Å². The van der Waals surface area contributed by atoms with Crippen LogP contribution in [0.15, 0.2) is 54.9 Å². The molecule has 25 heavy (non-hydrogen) atoms. The Bertz CT molecular complexity index is 910. The SMILES string of the molecule is CC1CN(C(=O)c2cc(-c3cccnc3)nc3ccccc23)CCN1. The minimum absolute atomic E-state index is 0.0668. The number of carbonyl (C=O) groups excluding carboxylic acids is 1. The quantitative estimate of drug-likeness (QED) is 0.784. The van der Waals surface area contributed by atoms with Crippen LogP contribution < -0.4 is 5.32 Å². The van der Waals surface area contributed by atoms with Crippen LogP contribution in [0.25, 0.3) is 22.2 Å². The largest absolute Gasteiger partial charge is 0.336 e. The van der Waals surface area contributed by atoms with Crippen molar-refractivity contribution in [2.24, 2.45) is 0 Å². The lowest BCUT2D eigenvalue weighted by atomic mass is 10.0. The number of rotatable bonds is 2. The van der Waals surface area contributed by atoms with Crippen LogP contribution in [0, 0.1) is 0 Å². The fourth-order valence-corrected chi connectivity index (χ4v) is 3.30. The maximum Gasteiger partial charge on any atom is 0.254 e. The lowest BCUT2D eigenvalue weighted by Crippen LogP contribution is -2.51. The third kappa shape index (κ3) is 3.10. The monoisotopic (exact) mass is 332 g/mol. The van der Waals surface area contributed by atoms with Gasteiger partial charge in [-0.2, -0.15) is 0 Å². The second kappa shape index (κ2) is 6.61. The van der Waals surface area contributed by atoms with Crippen molar-refractivity contribution < 1.29 is 4.79 Å². The van der Waals surface area contributed by atoms with Crippen LogP contribution in [0.5, 0.6) is 0 Å². The van der Waals surface area contributed by atoms with Gasteiger partial charge in [0.25, 0.3) is 5.91 Å². The summed E-state index contributed by atoms with van der Waals surface area (Å²) in [7, 11) is 0. The highest BCUT2D eigenvalue weighted by atomic mass is 16.2. The Morgan fingerprint density at radius 2 is 2.12 bits per heavy atom. The van der Waals surface area contributed by atoms with Crippen molar-refractivity contribution in [3.63, 3.8) is 0 Å². The summed E-state index contributed by atoms with van der Waals surface area (Å²) in [6, 6.07) is 13.9. The number of nitrogens with zero attached hydrogens (tertiary/aromatic N) is 3. The summed E-state index contributed by atoms with van der Waals surface area (Å²) in [5, 5.41) is 4.27. The van der Waals surface area contributed by atoms with Gasteiger partial charge in [0, 0.05) is 49.0 Å². The number of amides is 1. The van der Waals surface area contributed by atoms with Crippen molar-refractivity contribution in [1.82, 2.24) is 20.2 Å². The Kier molecular flexibility index (Phi) is 4.15. The van der Waals surface area contributed by atoms with Gasteiger partial charge in [-0.05, 0) is 31.2 Å². The number of fused-ring (bicyclic) bond motifs is 1. The molecule has 126 valence electrons. The normalized spacial score (nSPS) is 17.6. The molecule has 3 heterocycles. The van der Waals surface area contributed by atoms with Gasteiger partial charge in [0.05, 0.1) is 16.8 Å². The number of para-hydroxylation sites is 1. The molecule has 0 aliphatic carbocycles. The molecular formula is C20H20N4O. The molecule has 1 N–H and O–H groups in total. The second-order valence-electron chi connectivity index (χ2n) is 6.42. The maximum absolute atomic E-state index is 13.2.